The summed E-state index contributed by atoms with van der Waals surface area (Å²) in [6, 6.07) is 3.62. The van der Waals surface area contributed by atoms with Crippen molar-refractivity contribution < 1.29 is 22.4 Å². The number of benzene rings is 1. The zero-order valence-electron chi connectivity index (χ0n) is 9.62. The van der Waals surface area contributed by atoms with Crippen molar-refractivity contribution in [2.45, 2.75) is 13.0 Å². The number of hydrogen-bond donors (Lipinski definition) is 0. The van der Waals surface area contributed by atoms with Crippen LogP contribution in [0, 0.1) is 0 Å². The molecule has 2 nitrogen and oxygen atoms in total. The molecule has 1 unspecified atom stereocenters. The van der Waals surface area contributed by atoms with Gasteiger partial charge < -0.3 is 22.4 Å². The van der Waals surface area contributed by atoms with Crippen molar-refractivity contribution in [3.8, 4) is 11.5 Å². The zero-order valence-corrected chi connectivity index (χ0v) is 9.62. The van der Waals surface area contributed by atoms with E-state index in [0.717, 1.165) is 6.07 Å². The fraction of sp³-hybridized carbons (Fsp3) is 0.273. The molecule has 0 aromatic heterocycles. The molecule has 0 aliphatic rings. The quantitative estimate of drug-likeness (QED) is 0.586. The minimum atomic E-state index is -5.14. The summed E-state index contributed by atoms with van der Waals surface area (Å²) in [5, 5.41) is 0. The van der Waals surface area contributed by atoms with Crippen molar-refractivity contribution in [1.82, 2.24) is 0 Å². The normalized spacial score (nSPS) is 13.0. The van der Waals surface area contributed by atoms with E-state index in [1.807, 2.05) is 0 Å². The molecule has 0 bridgehead atoms. The van der Waals surface area contributed by atoms with Crippen LogP contribution in [0.1, 0.15) is 6.92 Å². The first-order valence-electron chi connectivity index (χ1n) is 5.05. The maximum Gasteiger partial charge on any atom is 0.513 e. The van der Waals surface area contributed by atoms with Gasteiger partial charge in [-0.1, -0.05) is 18.1 Å². The van der Waals surface area contributed by atoms with Crippen LogP contribution in [0.15, 0.2) is 30.9 Å². The van der Waals surface area contributed by atoms with Gasteiger partial charge in [0.25, 0.3) is 0 Å². The van der Waals surface area contributed by atoms with Crippen molar-refractivity contribution in [2.75, 3.05) is 7.11 Å². The predicted molar refractivity (Wildman–Crippen MR) is 62.0 cm³/mol. The summed E-state index contributed by atoms with van der Waals surface area (Å²) in [5.74, 6) is -0.0523. The van der Waals surface area contributed by atoms with Gasteiger partial charge in [-0.2, -0.15) is 0 Å². The zero-order chi connectivity index (χ0) is 13.1. The average molecular weight is 245 g/mol. The van der Waals surface area contributed by atoms with E-state index in [0.29, 0.717) is 0 Å². The van der Waals surface area contributed by atoms with E-state index < -0.39 is 18.5 Å². The third kappa shape index (κ3) is 3.44. The lowest BCUT2D eigenvalue weighted by Gasteiger charge is -2.22. The summed E-state index contributed by atoms with van der Waals surface area (Å²) < 4.78 is 48.4. The summed E-state index contributed by atoms with van der Waals surface area (Å²) in [6.45, 7) is -0.0678. The highest BCUT2D eigenvalue weighted by molar-refractivity contribution is 6.74. The molecule has 1 rings (SSSR count). The van der Waals surface area contributed by atoms with Crippen LogP contribution in [-0.4, -0.2) is 20.2 Å². The second-order valence-corrected chi connectivity index (χ2v) is 3.54. The van der Waals surface area contributed by atoms with Crippen LogP contribution in [0.2, 0.25) is 0 Å². The van der Waals surface area contributed by atoms with Crippen molar-refractivity contribution in [3.63, 3.8) is 0 Å². The molecule has 1 aromatic carbocycles. The minimum absolute atomic E-state index is 0.151. The molecule has 0 amide bonds. The van der Waals surface area contributed by atoms with Gasteiger partial charge >= 0.3 is 6.98 Å². The molecule has 94 valence electrons. The van der Waals surface area contributed by atoms with Crippen molar-refractivity contribution in [1.29, 1.82) is 0 Å². The number of ether oxygens (including phenoxy) is 2. The number of halogens is 3. The Bertz CT molecular complexity index is 404. The van der Waals surface area contributed by atoms with Gasteiger partial charge in [-0.25, -0.2) is 0 Å². The van der Waals surface area contributed by atoms with Gasteiger partial charge in [-0.05, 0) is 25.1 Å². The summed E-state index contributed by atoms with van der Waals surface area (Å²) in [5.41, 5.74) is -0.793. The molecule has 1 aromatic rings. The first kappa shape index (κ1) is 13.5. The standard InChI is InChI=1S/C11H13BF3O2/c1-4-8(2)17-11-6-5-9(16-3)7-10(11)12(13,14)15/h4-8H,1H2,2-3H3/q-1. The highest BCUT2D eigenvalue weighted by Gasteiger charge is 2.30. The second kappa shape index (κ2) is 5.16. The molecule has 17 heavy (non-hydrogen) atoms. The van der Waals surface area contributed by atoms with E-state index in [2.05, 4.69) is 6.58 Å². The Labute approximate surface area is 98.1 Å². The topological polar surface area (TPSA) is 18.5 Å². The predicted octanol–water partition coefficient (Wildman–Crippen LogP) is 2.70. The summed E-state index contributed by atoms with van der Waals surface area (Å²) >= 11 is 0. The van der Waals surface area contributed by atoms with Crippen LogP contribution in [0.5, 0.6) is 11.5 Å². The van der Waals surface area contributed by atoms with Crippen molar-refractivity contribution in [3.05, 3.63) is 30.9 Å². The summed E-state index contributed by atoms with van der Waals surface area (Å²) in [6.07, 6.45) is 0.942. The monoisotopic (exact) mass is 245 g/mol. The Morgan fingerprint density at radius 2 is 2.00 bits per heavy atom. The molecular weight excluding hydrogens is 232 g/mol. The first-order valence-corrected chi connectivity index (χ1v) is 5.05. The fourth-order valence-corrected chi connectivity index (χ4v) is 1.27. The van der Waals surface area contributed by atoms with E-state index in [-0.39, 0.29) is 11.5 Å². The van der Waals surface area contributed by atoms with E-state index >= 15 is 0 Å². The highest BCUT2D eigenvalue weighted by Crippen LogP contribution is 2.23. The Kier molecular flexibility index (Phi) is 4.09. The van der Waals surface area contributed by atoms with Crippen LogP contribution >= 0.6 is 0 Å². The van der Waals surface area contributed by atoms with Crippen LogP contribution in [0.3, 0.4) is 0 Å². The lowest BCUT2D eigenvalue weighted by molar-refractivity contribution is 0.271. The minimum Gasteiger partial charge on any atom is -0.497 e. The highest BCUT2D eigenvalue weighted by atomic mass is 19.4. The lowest BCUT2D eigenvalue weighted by Crippen LogP contribution is -2.36. The summed E-state index contributed by atoms with van der Waals surface area (Å²) in [4.78, 5) is 0. The molecule has 1 atom stereocenters. The van der Waals surface area contributed by atoms with Crippen LogP contribution in [0.25, 0.3) is 0 Å². The number of methoxy groups -OCH3 is 1. The van der Waals surface area contributed by atoms with Gasteiger partial charge in [-0.15, -0.1) is 0 Å². The van der Waals surface area contributed by atoms with Crippen molar-refractivity contribution in [2.24, 2.45) is 0 Å². The molecule has 6 heteroatoms. The van der Waals surface area contributed by atoms with Gasteiger partial charge in [0.05, 0.1) is 12.9 Å². The van der Waals surface area contributed by atoms with E-state index in [9.17, 15) is 12.9 Å². The molecule has 0 N–H and O–H groups in total. The van der Waals surface area contributed by atoms with Gasteiger partial charge in [0.1, 0.15) is 11.9 Å². The molecule has 0 aliphatic heterocycles. The molecule has 0 spiro atoms. The molecule has 0 saturated heterocycles. The molecule has 0 heterocycles. The third-order valence-corrected chi connectivity index (χ3v) is 2.21. The van der Waals surface area contributed by atoms with Crippen LogP contribution in [0.4, 0.5) is 12.9 Å². The molecule has 0 fully saturated rings. The van der Waals surface area contributed by atoms with Gasteiger partial charge in [-0.3, -0.25) is 0 Å². The van der Waals surface area contributed by atoms with Crippen molar-refractivity contribution >= 4 is 12.4 Å². The second-order valence-electron chi connectivity index (χ2n) is 3.54. The molecule has 0 radical (unpaired) electrons. The fourth-order valence-electron chi connectivity index (χ4n) is 1.27. The van der Waals surface area contributed by atoms with E-state index in [1.54, 1.807) is 6.92 Å². The van der Waals surface area contributed by atoms with Crippen LogP contribution < -0.4 is 14.9 Å². The maximum absolute atomic E-state index is 12.8. The molecular formula is C11H13BF3O2-. The van der Waals surface area contributed by atoms with E-state index in [4.69, 9.17) is 9.47 Å². The Morgan fingerprint density at radius 1 is 1.35 bits per heavy atom. The van der Waals surface area contributed by atoms with Crippen LogP contribution in [-0.2, 0) is 0 Å². The Morgan fingerprint density at radius 3 is 2.47 bits per heavy atom. The Balaban J connectivity index is 3.15. The van der Waals surface area contributed by atoms with Gasteiger partial charge in [0.15, 0.2) is 0 Å². The lowest BCUT2D eigenvalue weighted by atomic mass is 9.79. The number of rotatable bonds is 5. The maximum atomic E-state index is 12.8. The average Bonchev–Trinajstić information content (AvgIpc) is 2.28. The first-order chi connectivity index (χ1) is 7.88. The van der Waals surface area contributed by atoms with Gasteiger partial charge in [0.2, 0.25) is 0 Å². The smallest absolute Gasteiger partial charge is 0.497 e. The van der Waals surface area contributed by atoms with Gasteiger partial charge in [0, 0.05) is 0 Å². The molecule has 0 saturated carbocycles. The Hall–Kier alpha value is -1.59. The largest absolute Gasteiger partial charge is 0.513 e. The molecule has 0 aliphatic carbocycles. The third-order valence-electron chi connectivity index (χ3n) is 2.21. The SMILES string of the molecule is C=CC(C)Oc1ccc(OC)cc1[B-](F)(F)F. The summed E-state index contributed by atoms with van der Waals surface area (Å²) in [7, 11) is 1.31. The van der Waals surface area contributed by atoms with E-state index in [1.165, 1.54) is 25.3 Å². The number of hydrogen-bond acceptors (Lipinski definition) is 2.